The molecule has 0 radical (unpaired) electrons. The highest BCUT2D eigenvalue weighted by Crippen LogP contribution is 2.32. The van der Waals surface area contributed by atoms with Crippen molar-refractivity contribution in [3.63, 3.8) is 0 Å². The summed E-state index contributed by atoms with van der Waals surface area (Å²) in [6.07, 6.45) is -4.01. The molecule has 238 valence electrons. The van der Waals surface area contributed by atoms with Gasteiger partial charge in [-0.1, -0.05) is 54.6 Å². The van der Waals surface area contributed by atoms with Gasteiger partial charge in [-0.25, -0.2) is 12.8 Å². The average Bonchev–Trinajstić information content (AvgIpc) is 2.92. The Morgan fingerprint density at radius 3 is 2.14 bits per heavy atom. The van der Waals surface area contributed by atoms with Crippen molar-refractivity contribution < 1.29 is 35.6 Å². The zero-order chi connectivity index (χ0) is 32.7. The van der Waals surface area contributed by atoms with E-state index in [0.29, 0.717) is 0 Å². The van der Waals surface area contributed by atoms with E-state index in [1.807, 2.05) is 18.2 Å². The second kappa shape index (κ2) is 14.2. The summed E-state index contributed by atoms with van der Waals surface area (Å²) < 4.78 is 80.6. The maximum atomic E-state index is 14.8. The molecule has 3 rings (SSSR count). The third-order valence-electron chi connectivity index (χ3n) is 6.68. The first-order valence-electron chi connectivity index (χ1n) is 14.0. The number of hydrogen-bond donors (Lipinski definition) is 1. The van der Waals surface area contributed by atoms with Crippen LogP contribution in [0.1, 0.15) is 50.3 Å². The summed E-state index contributed by atoms with van der Waals surface area (Å²) in [5.41, 5.74) is -0.890. The van der Waals surface area contributed by atoms with Crippen LogP contribution in [-0.4, -0.2) is 49.5 Å². The Hall–Kier alpha value is -3.93. The second-order valence-electron chi connectivity index (χ2n) is 11.5. The molecule has 12 heteroatoms. The summed E-state index contributed by atoms with van der Waals surface area (Å²) in [4.78, 5) is 28.7. The first kappa shape index (κ1) is 34.6. The van der Waals surface area contributed by atoms with E-state index in [4.69, 9.17) is 0 Å². The number of rotatable bonds is 12. The summed E-state index contributed by atoms with van der Waals surface area (Å²) in [5.74, 6) is -1.56. The number of alkyl halides is 3. The van der Waals surface area contributed by atoms with Gasteiger partial charge in [-0.2, -0.15) is 13.2 Å². The van der Waals surface area contributed by atoms with E-state index in [9.17, 15) is 35.6 Å². The molecule has 2 amide bonds. The van der Waals surface area contributed by atoms with Crippen LogP contribution >= 0.6 is 0 Å². The number of anilines is 1. The van der Waals surface area contributed by atoms with Crippen LogP contribution in [0.5, 0.6) is 0 Å². The molecule has 3 aromatic carbocycles. The Labute approximate surface area is 255 Å². The molecule has 44 heavy (non-hydrogen) atoms. The minimum Gasteiger partial charge on any atom is -0.350 e. The molecule has 0 aromatic heterocycles. The Morgan fingerprint density at radius 1 is 0.909 bits per heavy atom. The molecule has 0 spiro atoms. The van der Waals surface area contributed by atoms with Gasteiger partial charge in [-0.15, -0.1) is 0 Å². The van der Waals surface area contributed by atoms with Crippen molar-refractivity contribution in [3.05, 3.63) is 101 Å². The first-order chi connectivity index (χ1) is 20.5. The highest BCUT2D eigenvalue weighted by molar-refractivity contribution is 7.92. The van der Waals surface area contributed by atoms with E-state index in [2.05, 4.69) is 5.32 Å². The normalized spacial score (nSPS) is 12.8. The topological polar surface area (TPSA) is 86.8 Å². The van der Waals surface area contributed by atoms with Crippen LogP contribution in [0.4, 0.5) is 23.2 Å². The monoisotopic (exact) mass is 635 g/mol. The van der Waals surface area contributed by atoms with Crippen molar-refractivity contribution in [1.82, 2.24) is 10.2 Å². The lowest BCUT2D eigenvalue weighted by atomic mass is 10.00. The number of hydrogen-bond acceptors (Lipinski definition) is 4. The molecule has 0 aliphatic rings. The molecule has 0 bridgehead atoms. The molecular formula is C32H37F4N3O4S. The van der Waals surface area contributed by atoms with E-state index in [1.165, 1.54) is 29.2 Å². The van der Waals surface area contributed by atoms with Gasteiger partial charge in [0, 0.05) is 37.0 Å². The molecule has 1 atom stereocenters. The van der Waals surface area contributed by atoms with Gasteiger partial charge in [0.15, 0.2) is 0 Å². The fraction of sp³-hybridized carbons (Fsp3) is 0.375. The molecule has 0 aliphatic carbocycles. The van der Waals surface area contributed by atoms with Crippen LogP contribution in [0, 0.1) is 5.82 Å². The molecule has 0 aliphatic heterocycles. The average molecular weight is 636 g/mol. The molecule has 0 unspecified atom stereocenters. The minimum absolute atomic E-state index is 0.0745. The molecule has 3 aromatic rings. The van der Waals surface area contributed by atoms with Gasteiger partial charge in [-0.3, -0.25) is 13.9 Å². The summed E-state index contributed by atoms with van der Waals surface area (Å²) in [6.45, 7) is 4.85. The van der Waals surface area contributed by atoms with Gasteiger partial charge in [0.05, 0.1) is 17.5 Å². The summed E-state index contributed by atoms with van der Waals surface area (Å²) in [5, 5.41) is 2.90. The third-order valence-corrected chi connectivity index (χ3v) is 7.88. The maximum absolute atomic E-state index is 14.8. The Balaban J connectivity index is 1.93. The highest BCUT2D eigenvalue weighted by Gasteiger charge is 2.34. The van der Waals surface area contributed by atoms with Crippen LogP contribution in [-0.2, 0) is 38.8 Å². The van der Waals surface area contributed by atoms with Crippen LogP contribution in [0.25, 0.3) is 0 Å². The second-order valence-corrected chi connectivity index (χ2v) is 13.5. The van der Waals surface area contributed by atoms with Crippen LogP contribution in [0.3, 0.4) is 0 Å². The minimum atomic E-state index is -4.68. The van der Waals surface area contributed by atoms with Crippen molar-refractivity contribution in [1.29, 1.82) is 0 Å². The lowest BCUT2D eigenvalue weighted by Gasteiger charge is -2.34. The van der Waals surface area contributed by atoms with Gasteiger partial charge < -0.3 is 10.2 Å². The van der Waals surface area contributed by atoms with Crippen molar-refractivity contribution in [2.24, 2.45) is 0 Å². The Bertz CT molecular complexity index is 1540. The molecule has 7 nitrogen and oxygen atoms in total. The number of sulfonamides is 1. The molecule has 1 N–H and O–H groups in total. The largest absolute Gasteiger partial charge is 0.416 e. The summed E-state index contributed by atoms with van der Waals surface area (Å²) in [6, 6.07) is 17.8. The number of nitrogens with zero attached hydrogens (tertiary/aromatic N) is 2. The van der Waals surface area contributed by atoms with E-state index in [-0.39, 0.29) is 43.6 Å². The predicted octanol–water partition coefficient (Wildman–Crippen LogP) is 5.95. The van der Waals surface area contributed by atoms with Gasteiger partial charge in [0.25, 0.3) is 0 Å². The van der Waals surface area contributed by atoms with E-state index in [0.717, 1.165) is 34.3 Å². The standard InChI is InChI=1S/C32H37F4N3O4S/c1-31(2,3)37-30(41)28(20-23-12-6-5-7-13-23)38(22-24-14-8-9-17-27(24)33)29(40)18-11-19-39(44(4,42)43)26-16-10-15-25(21-26)32(34,35)36/h5-10,12-17,21,28H,11,18-20,22H2,1-4H3,(H,37,41)/t28-/m0/s1. The maximum Gasteiger partial charge on any atom is 0.416 e. The summed E-state index contributed by atoms with van der Waals surface area (Å²) in [7, 11) is -4.02. The summed E-state index contributed by atoms with van der Waals surface area (Å²) >= 11 is 0. The predicted molar refractivity (Wildman–Crippen MR) is 162 cm³/mol. The van der Waals surface area contributed by atoms with Crippen molar-refractivity contribution in [2.75, 3.05) is 17.1 Å². The molecule has 0 saturated carbocycles. The molecule has 0 heterocycles. The van der Waals surface area contributed by atoms with Gasteiger partial charge in [-0.05, 0) is 57.0 Å². The first-order valence-corrected chi connectivity index (χ1v) is 15.8. The third kappa shape index (κ3) is 10.1. The number of nitrogens with one attached hydrogen (secondary N) is 1. The SMILES string of the molecule is CC(C)(C)NC(=O)[C@H](Cc1ccccc1)N(Cc1ccccc1F)C(=O)CCCN(c1cccc(C(F)(F)F)c1)S(C)(=O)=O. The Morgan fingerprint density at radius 2 is 1.55 bits per heavy atom. The highest BCUT2D eigenvalue weighted by atomic mass is 32.2. The van der Waals surface area contributed by atoms with E-state index in [1.54, 1.807) is 39.0 Å². The van der Waals surface area contributed by atoms with Crippen molar-refractivity contribution in [2.45, 2.75) is 64.3 Å². The van der Waals surface area contributed by atoms with Crippen LogP contribution in [0.15, 0.2) is 78.9 Å². The number of halogens is 4. The van der Waals surface area contributed by atoms with Gasteiger partial charge >= 0.3 is 6.18 Å². The number of carbonyl (C=O) groups excluding carboxylic acids is 2. The van der Waals surface area contributed by atoms with Gasteiger partial charge in [0.2, 0.25) is 21.8 Å². The van der Waals surface area contributed by atoms with Crippen molar-refractivity contribution >= 4 is 27.5 Å². The lowest BCUT2D eigenvalue weighted by molar-refractivity contribution is -0.142. The smallest absolute Gasteiger partial charge is 0.350 e. The molecule has 0 saturated heterocycles. The van der Waals surface area contributed by atoms with Gasteiger partial charge in [0.1, 0.15) is 11.9 Å². The van der Waals surface area contributed by atoms with E-state index < -0.39 is 51.0 Å². The fourth-order valence-corrected chi connectivity index (χ4v) is 5.62. The number of amides is 2. The fourth-order valence-electron chi connectivity index (χ4n) is 4.66. The number of benzene rings is 3. The lowest BCUT2D eigenvalue weighted by Crippen LogP contribution is -2.54. The Kier molecular flexibility index (Phi) is 11.2. The molecule has 0 fully saturated rings. The van der Waals surface area contributed by atoms with Crippen molar-refractivity contribution in [3.8, 4) is 0 Å². The number of carbonyl (C=O) groups is 2. The van der Waals surface area contributed by atoms with E-state index >= 15 is 0 Å². The zero-order valence-electron chi connectivity index (χ0n) is 25.1. The quantitative estimate of drug-likeness (QED) is 0.250. The molecular weight excluding hydrogens is 598 g/mol. The van der Waals surface area contributed by atoms with Crippen LogP contribution in [0.2, 0.25) is 0 Å². The van der Waals surface area contributed by atoms with Crippen LogP contribution < -0.4 is 9.62 Å². The zero-order valence-corrected chi connectivity index (χ0v) is 25.9.